The number of carbonyl (C=O) groups is 1. The second-order valence-electron chi connectivity index (χ2n) is 9.02. The van der Waals surface area contributed by atoms with Crippen LogP contribution in [0.15, 0.2) is 45.6 Å². The van der Waals surface area contributed by atoms with E-state index in [1.165, 1.54) is 24.3 Å². The number of aliphatic hydroxyl groups excluding tert-OH is 3. The molecule has 2 heterocycles. The van der Waals surface area contributed by atoms with Crippen molar-refractivity contribution in [2.24, 2.45) is 5.92 Å². The molecule has 2 aromatic carbocycles. The second-order valence-corrected chi connectivity index (χ2v) is 9.02. The number of hydrogen-bond donors (Lipinski definition) is 6. The summed E-state index contributed by atoms with van der Waals surface area (Å²) >= 11 is 0. The van der Waals surface area contributed by atoms with Crippen molar-refractivity contribution in [3.63, 3.8) is 0 Å². The minimum atomic E-state index is -1.74. The lowest BCUT2D eigenvalue weighted by atomic mass is 9.89. The predicted octanol–water partition coefficient (Wildman–Crippen LogP) is 1.69. The Balaban J connectivity index is 1.94. The molecule has 0 bridgehead atoms. The number of fused-ring (bicyclic) bond motifs is 1. The third-order valence-electron chi connectivity index (χ3n) is 6.57. The number of rotatable bonds is 6. The first-order chi connectivity index (χ1) is 17.6. The van der Waals surface area contributed by atoms with Crippen molar-refractivity contribution in [2.75, 3.05) is 6.61 Å². The highest BCUT2D eigenvalue weighted by molar-refractivity contribution is 5.89. The average molecular weight is 516 g/mol. The van der Waals surface area contributed by atoms with Gasteiger partial charge in [0, 0.05) is 17.7 Å². The van der Waals surface area contributed by atoms with E-state index in [1.54, 1.807) is 13.8 Å². The van der Waals surface area contributed by atoms with Gasteiger partial charge in [0.25, 0.3) is 0 Å². The van der Waals surface area contributed by atoms with Gasteiger partial charge in [0.2, 0.25) is 0 Å². The van der Waals surface area contributed by atoms with Crippen LogP contribution >= 0.6 is 0 Å². The quantitative estimate of drug-likeness (QED) is 0.262. The van der Waals surface area contributed by atoms with Gasteiger partial charge in [-0.15, -0.1) is 0 Å². The molecule has 11 nitrogen and oxygen atoms in total. The molecule has 4 rings (SSSR count). The molecule has 0 saturated carbocycles. The Hall–Kier alpha value is -3.64. The maximum atomic E-state index is 13.0. The van der Waals surface area contributed by atoms with Crippen LogP contribution in [-0.4, -0.2) is 67.6 Å². The van der Waals surface area contributed by atoms with Crippen LogP contribution in [0.2, 0.25) is 0 Å². The van der Waals surface area contributed by atoms with Crippen LogP contribution in [0, 0.1) is 5.92 Å². The fraction of sp³-hybridized carbons (Fsp3) is 0.385. The van der Waals surface area contributed by atoms with Crippen molar-refractivity contribution in [2.45, 2.75) is 50.8 Å². The Labute approximate surface area is 210 Å². The molecule has 1 saturated heterocycles. The van der Waals surface area contributed by atoms with E-state index in [2.05, 4.69) is 0 Å². The molecule has 0 radical (unpaired) electrons. The zero-order valence-electron chi connectivity index (χ0n) is 20.1. The van der Waals surface area contributed by atoms with Gasteiger partial charge in [-0.1, -0.05) is 13.8 Å². The Kier molecular flexibility index (Phi) is 7.42. The maximum absolute atomic E-state index is 13.0. The van der Waals surface area contributed by atoms with Crippen molar-refractivity contribution in [1.82, 2.24) is 0 Å². The highest BCUT2D eigenvalue weighted by atomic mass is 16.6. The molecule has 1 aliphatic rings. The summed E-state index contributed by atoms with van der Waals surface area (Å²) < 4.78 is 17.2. The van der Waals surface area contributed by atoms with Gasteiger partial charge in [0.15, 0.2) is 17.1 Å². The smallest absolute Gasteiger partial charge is 0.309 e. The molecule has 6 atom stereocenters. The van der Waals surface area contributed by atoms with E-state index in [-0.39, 0.29) is 28.0 Å². The van der Waals surface area contributed by atoms with Gasteiger partial charge >= 0.3 is 5.97 Å². The molecular weight excluding hydrogens is 488 g/mol. The highest BCUT2D eigenvalue weighted by Crippen LogP contribution is 2.44. The zero-order valence-corrected chi connectivity index (χ0v) is 20.1. The van der Waals surface area contributed by atoms with E-state index < -0.39 is 65.9 Å². The normalized spacial score (nSPS) is 24.6. The Bertz CT molecular complexity index is 1350. The summed E-state index contributed by atoms with van der Waals surface area (Å²) in [4.78, 5) is 25.7. The largest absolute Gasteiger partial charge is 0.508 e. The molecule has 11 heteroatoms. The average Bonchev–Trinajstić information content (AvgIpc) is 2.87. The second kappa shape index (κ2) is 10.4. The molecule has 0 aliphatic carbocycles. The van der Waals surface area contributed by atoms with Gasteiger partial charge in [-0.3, -0.25) is 9.59 Å². The van der Waals surface area contributed by atoms with Crippen LogP contribution in [0.4, 0.5) is 0 Å². The SMILES string of the molecule is CCC(C)C(=O)OC1C(c2c(O)cc(O)c3c(=O)cc(-c4ccc(O)cc4)oc23)OC(CO)C(O)C1O. The van der Waals surface area contributed by atoms with Crippen LogP contribution in [0.25, 0.3) is 22.3 Å². The summed E-state index contributed by atoms with van der Waals surface area (Å²) in [6.45, 7) is 2.64. The molecule has 6 unspecified atom stereocenters. The number of esters is 1. The lowest BCUT2D eigenvalue weighted by molar-refractivity contribution is -0.242. The number of phenolic OH excluding ortho intramolecular Hbond substituents is 3. The molecule has 1 aliphatic heterocycles. The Morgan fingerprint density at radius 3 is 2.35 bits per heavy atom. The monoisotopic (exact) mass is 516 g/mol. The lowest BCUT2D eigenvalue weighted by Crippen LogP contribution is -2.56. The minimum Gasteiger partial charge on any atom is -0.508 e. The van der Waals surface area contributed by atoms with E-state index in [1.807, 2.05) is 0 Å². The van der Waals surface area contributed by atoms with E-state index in [0.717, 1.165) is 12.1 Å². The van der Waals surface area contributed by atoms with E-state index in [4.69, 9.17) is 13.9 Å². The molecule has 0 amide bonds. The zero-order chi connectivity index (χ0) is 27.0. The molecule has 198 valence electrons. The topological polar surface area (TPSA) is 187 Å². The number of carbonyl (C=O) groups excluding carboxylic acids is 1. The Morgan fingerprint density at radius 2 is 1.73 bits per heavy atom. The summed E-state index contributed by atoms with van der Waals surface area (Å²) in [5.74, 6) is -2.47. The number of ether oxygens (including phenoxy) is 2. The molecular formula is C26H28O11. The van der Waals surface area contributed by atoms with Crippen LogP contribution in [-0.2, 0) is 14.3 Å². The van der Waals surface area contributed by atoms with Gasteiger partial charge in [0.1, 0.15) is 52.8 Å². The van der Waals surface area contributed by atoms with Crippen LogP contribution in [0.1, 0.15) is 31.9 Å². The van der Waals surface area contributed by atoms with Gasteiger partial charge in [-0.2, -0.15) is 0 Å². The van der Waals surface area contributed by atoms with Crippen LogP contribution in [0.5, 0.6) is 17.2 Å². The summed E-state index contributed by atoms with van der Waals surface area (Å²) in [5.41, 5.74) is -0.843. The molecule has 1 fully saturated rings. The van der Waals surface area contributed by atoms with Gasteiger partial charge in [0.05, 0.1) is 18.1 Å². The maximum Gasteiger partial charge on any atom is 0.309 e. The first-order valence-corrected chi connectivity index (χ1v) is 11.7. The lowest BCUT2D eigenvalue weighted by Gasteiger charge is -2.42. The summed E-state index contributed by atoms with van der Waals surface area (Å²) in [6, 6.07) is 7.72. The number of hydrogen-bond acceptors (Lipinski definition) is 11. The fourth-order valence-electron chi connectivity index (χ4n) is 4.24. The molecule has 0 spiro atoms. The van der Waals surface area contributed by atoms with E-state index >= 15 is 0 Å². The molecule has 1 aromatic heterocycles. The molecule has 3 aromatic rings. The predicted molar refractivity (Wildman–Crippen MR) is 129 cm³/mol. The van der Waals surface area contributed by atoms with Gasteiger partial charge in [-0.25, -0.2) is 0 Å². The van der Waals surface area contributed by atoms with Gasteiger partial charge in [-0.05, 0) is 30.7 Å². The van der Waals surface area contributed by atoms with Crippen molar-refractivity contribution in [3.8, 4) is 28.6 Å². The van der Waals surface area contributed by atoms with E-state index in [0.29, 0.717) is 12.0 Å². The van der Waals surface area contributed by atoms with Crippen molar-refractivity contribution < 1.29 is 49.3 Å². The van der Waals surface area contributed by atoms with Crippen molar-refractivity contribution >= 4 is 16.9 Å². The first-order valence-electron chi connectivity index (χ1n) is 11.7. The number of phenols is 3. The number of aliphatic hydroxyl groups is 3. The molecule has 37 heavy (non-hydrogen) atoms. The fourth-order valence-corrected chi connectivity index (χ4v) is 4.24. The minimum absolute atomic E-state index is 0.0204. The third-order valence-corrected chi connectivity index (χ3v) is 6.57. The summed E-state index contributed by atoms with van der Waals surface area (Å²) in [6.07, 6.45) is -7.37. The van der Waals surface area contributed by atoms with E-state index in [9.17, 15) is 40.2 Å². The van der Waals surface area contributed by atoms with Crippen molar-refractivity contribution in [1.29, 1.82) is 0 Å². The number of benzene rings is 2. The van der Waals surface area contributed by atoms with Crippen LogP contribution in [0.3, 0.4) is 0 Å². The third kappa shape index (κ3) is 4.86. The van der Waals surface area contributed by atoms with Gasteiger partial charge < -0.3 is 44.5 Å². The molecule has 6 N–H and O–H groups in total. The summed E-state index contributed by atoms with van der Waals surface area (Å²) in [5, 5.41) is 61.6. The number of aromatic hydroxyl groups is 3. The Morgan fingerprint density at radius 1 is 1.05 bits per heavy atom. The van der Waals surface area contributed by atoms with Crippen molar-refractivity contribution in [3.05, 3.63) is 52.2 Å². The first kappa shape index (κ1) is 26.4. The highest BCUT2D eigenvalue weighted by Gasteiger charge is 2.49. The standard InChI is InChI=1S/C26H28O11/c1-3-11(2)26(34)37-25-22(33)21(32)18(10-27)36-24(25)20-15(30)8-14(29)19-16(31)9-17(35-23(19)20)12-4-6-13(28)7-5-12/h4-9,11,18,21-22,24-25,27-30,32-33H,3,10H2,1-2H3. The summed E-state index contributed by atoms with van der Waals surface area (Å²) in [7, 11) is 0. The van der Waals surface area contributed by atoms with Crippen LogP contribution < -0.4 is 5.43 Å².